The first-order valence-electron chi connectivity index (χ1n) is 6.24. The number of carboxylic acid groups (broad SMARTS) is 1. The van der Waals surface area contributed by atoms with Gasteiger partial charge >= 0.3 is 5.97 Å². The molecule has 4 nitrogen and oxygen atoms in total. The van der Waals surface area contributed by atoms with Gasteiger partial charge in [0, 0.05) is 24.4 Å². The Bertz CT molecular complexity index is 598. The molecule has 0 aliphatic heterocycles. The molecule has 96 valence electrons. The molecule has 19 heavy (non-hydrogen) atoms. The molecule has 1 heterocycles. The summed E-state index contributed by atoms with van der Waals surface area (Å²) in [5.41, 5.74) is 2.16. The molecule has 1 saturated carbocycles. The predicted octanol–water partition coefficient (Wildman–Crippen LogP) is 2.75. The zero-order valence-electron chi connectivity index (χ0n) is 10.3. The van der Waals surface area contributed by atoms with Crippen LogP contribution in [0.4, 0.5) is 5.69 Å². The number of pyridine rings is 1. The van der Waals surface area contributed by atoms with Crippen molar-refractivity contribution in [3.8, 4) is 0 Å². The second-order valence-corrected chi connectivity index (χ2v) is 4.73. The molecular formula is C15H14N2O2. The maximum absolute atomic E-state index is 11.1. The summed E-state index contributed by atoms with van der Waals surface area (Å²) in [5, 5.41) is 12.4. The molecule has 1 aromatic heterocycles. The highest BCUT2D eigenvalue weighted by atomic mass is 16.4. The largest absolute Gasteiger partial charge is 0.478 e. The summed E-state index contributed by atoms with van der Waals surface area (Å²) in [4.78, 5) is 14.9. The van der Waals surface area contributed by atoms with Gasteiger partial charge in [0.2, 0.25) is 0 Å². The summed E-state index contributed by atoms with van der Waals surface area (Å²) in [6.07, 6.45) is 4.02. The van der Waals surface area contributed by atoms with Crippen molar-refractivity contribution in [1.82, 2.24) is 4.98 Å². The van der Waals surface area contributed by atoms with Crippen molar-refractivity contribution in [2.45, 2.75) is 18.4 Å². The third-order valence-corrected chi connectivity index (χ3v) is 3.41. The average Bonchev–Trinajstić information content (AvgIpc) is 3.19. The Kier molecular flexibility index (Phi) is 2.91. The van der Waals surface area contributed by atoms with Gasteiger partial charge in [-0.3, -0.25) is 4.98 Å². The first-order valence-corrected chi connectivity index (χ1v) is 6.24. The van der Waals surface area contributed by atoms with Gasteiger partial charge in [0.05, 0.1) is 5.69 Å². The standard InChI is InChI=1S/C15H14N2O2/c18-15(19)12-9-16-7-6-13(12)17-14-8-11(14)10-4-2-1-3-5-10/h1-7,9,11,14H,8H2,(H,16,17)(H,18,19). The van der Waals surface area contributed by atoms with Crippen LogP contribution in [0.3, 0.4) is 0 Å². The Morgan fingerprint density at radius 1 is 1.26 bits per heavy atom. The van der Waals surface area contributed by atoms with E-state index in [9.17, 15) is 4.79 Å². The quantitative estimate of drug-likeness (QED) is 0.880. The number of nitrogens with zero attached hydrogens (tertiary/aromatic N) is 1. The van der Waals surface area contributed by atoms with Crippen LogP contribution in [0.5, 0.6) is 0 Å². The molecule has 0 amide bonds. The van der Waals surface area contributed by atoms with Crippen LogP contribution in [0.2, 0.25) is 0 Å². The number of anilines is 1. The molecule has 1 aromatic carbocycles. The van der Waals surface area contributed by atoms with Gasteiger partial charge in [0.1, 0.15) is 5.56 Å². The Balaban J connectivity index is 1.73. The number of carboxylic acids is 1. The van der Waals surface area contributed by atoms with Crippen LogP contribution >= 0.6 is 0 Å². The normalized spacial score (nSPS) is 20.8. The topological polar surface area (TPSA) is 62.2 Å². The minimum atomic E-state index is -0.951. The lowest BCUT2D eigenvalue weighted by Crippen LogP contribution is -2.09. The van der Waals surface area contributed by atoms with E-state index in [1.807, 2.05) is 18.2 Å². The highest BCUT2D eigenvalue weighted by molar-refractivity contribution is 5.93. The lowest BCUT2D eigenvalue weighted by molar-refractivity contribution is 0.0697. The van der Waals surface area contributed by atoms with Crippen molar-refractivity contribution in [2.75, 3.05) is 5.32 Å². The average molecular weight is 254 g/mol. The van der Waals surface area contributed by atoms with Gasteiger partial charge in [0.15, 0.2) is 0 Å². The van der Waals surface area contributed by atoms with Crippen molar-refractivity contribution in [1.29, 1.82) is 0 Å². The molecule has 1 aliphatic rings. The summed E-state index contributed by atoms with van der Waals surface area (Å²) < 4.78 is 0. The predicted molar refractivity (Wildman–Crippen MR) is 72.4 cm³/mol. The number of nitrogens with one attached hydrogen (secondary N) is 1. The Hall–Kier alpha value is -2.36. The van der Waals surface area contributed by atoms with Crippen LogP contribution in [0, 0.1) is 0 Å². The summed E-state index contributed by atoms with van der Waals surface area (Å²) in [6, 6.07) is 12.3. The van der Waals surface area contributed by atoms with E-state index >= 15 is 0 Å². The van der Waals surface area contributed by atoms with Gasteiger partial charge in [-0.15, -0.1) is 0 Å². The monoisotopic (exact) mass is 254 g/mol. The third kappa shape index (κ3) is 2.42. The van der Waals surface area contributed by atoms with Crippen molar-refractivity contribution in [3.05, 3.63) is 59.9 Å². The smallest absolute Gasteiger partial charge is 0.339 e. The number of carbonyl (C=O) groups is 1. The van der Waals surface area contributed by atoms with Crippen LogP contribution < -0.4 is 5.32 Å². The fraction of sp³-hybridized carbons (Fsp3) is 0.200. The van der Waals surface area contributed by atoms with E-state index in [0.29, 0.717) is 17.6 Å². The first kappa shape index (κ1) is 11.7. The molecule has 1 fully saturated rings. The van der Waals surface area contributed by atoms with Crippen molar-refractivity contribution >= 4 is 11.7 Å². The number of benzene rings is 1. The van der Waals surface area contributed by atoms with Gasteiger partial charge in [-0.2, -0.15) is 0 Å². The number of hydrogen-bond acceptors (Lipinski definition) is 3. The first-order chi connectivity index (χ1) is 9.25. The van der Waals surface area contributed by atoms with Crippen LogP contribution in [-0.2, 0) is 0 Å². The van der Waals surface area contributed by atoms with E-state index < -0.39 is 5.97 Å². The molecule has 0 spiro atoms. The fourth-order valence-corrected chi connectivity index (χ4v) is 2.31. The number of aromatic carboxylic acids is 1. The highest BCUT2D eigenvalue weighted by Gasteiger charge is 2.38. The molecule has 0 bridgehead atoms. The Morgan fingerprint density at radius 2 is 2.05 bits per heavy atom. The van der Waals surface area contributed by atoms with Crippen molar-refractivity contribution in [2.24, 2.45) is 0 Å². The second kappa shape index (κ2) is 4.72. The van der Waals surface area contributed by atoms with Crippen LogP contribution in [0.1, 0.15) is 28.3 Å². The zero-order valence-corrected chi connectivity index (χ0v) is 10.3. The SMILES string of the molecule is O=C(O)c1cnccc1NC1CC1c1ccccc1. The highest BCUT2D eigenvalue weighted by Crippen LogP contribution is 2.42. The van der Waals surface area contributed by atoms with Gasteiger partial charge < -0.3 is 10.4 Å². The van der Waals surface area contributed by atoms with Gasteiger partial charge in [0.25, 0.3) is 0 Å². The summed E-state index contributed by atoms with van der Waals surface area (Å²) in [7, 11) is 0. The minimum absolute atomic E-state index is 0.223. The molecule has 2 aromatic rings. The lowest BCUT2D eigenvalue weighted by Gasteiger charge is -2.08. The van der Waals surface area contributed by atoms with E-state index in [1.165, 1.54) is 11.8 Å². The maximum atomic E-state index is 11.1. The minimum Gasteiger partial charge on any atom is -0.478 e. The van der Waals surface area contributed by atoms with Gasteiger partial charge in [-0.05, 0) is 18.1 Å². The zero-order chi connectivity index (χ0) is 13.2. The molecule has 0 radical (unpaired) electrons. The van der Waals surface area contributed by atoms with E-state index in [2.05, 4.69) is 22.4 Å². The lowest BCUT2D eigenvalue weighted by atomic mass is 10.1. The van der Waals surface area contributed by atoms with E-state index in [-0.39, 0.29) is 5.56 Å². The number of aromatic nitrogens is 1. The van der Waals surface area contributed by atoms with E-state index in [4.69, 9.17) is 5.11 Å². The van der Waals surface area contributed by atoms with Gasteiger partial charge in [-0.1, -0.05) is 30.3 Å². The number of hydrogen-bond donors (Lipinski definition) is 2. The summed E-state index contributed by atoms with van der Waals surface area (Å²) in [5.74, 6) is -0.483. The maximum Gasteiger partial charge on any atom is 0.339 e. The van der Waals surface area contributed by atoms with Crippen LogP contribution in [-0.4, -0.2) is 22.1 Å². The third-order valence-electron chi connectivity index (χ3n) is 3.41. The summed E-state index contributed by atoms with van der Waals surface area (Å²) >= 11 is 0. The Morgan fingerprint density at radius 3 is 2.79 bits per heavy atom. The Labute approximate surface area is 111 Å². The molecule has 0 saturated heterocycles. The van der Waals surface area contributed by atoms with Gasteiger partial charge in [-0.25, -0.2) is 4.79 Å². The molecule has 2 atom stereocenters. The molecular weight excluding hydrogens is 240 g/mol. The van der Waals surface area contributed by atoms with Crippen LogP contribution in [0.25, 0.3) is 0 Å². The summed E-state index contributed by atoms with van der Waals surface area (Å²) in [6.45, 7) is 0. The second-order valence-electron chi connectivity index (χ2n) is 4.73. The molecule has 4 heteroatoms. The molecule has 3 rings (SSSR count). The molecule has 1 aliphatic carbocycles. The van der Waals surface area contributed by atoms with Crippen molar-refractivity contribution in [3.63, 3.8) is 0 Å². The van der Waals surface area contributed by atoms with E-state index in [1.54, 1.807) is 12.3 Å². The van der Waals surface area contributed by atoms with E-state index in [0.717, 1.165) is 6.42 Å². The van der Waals surface area contributed by atoms with Crippen molar-refractivity contribution < 1.29 is 9.90 Å². The van der Waals surface area contributed by atoms with Crippen LogP contribution in [0.15, 0.2) is 48.8 Å². The molecule has 2 unspecified atom stereocenters. The number of rotatable bonds is 4. The molecule has 2 N–H and O–H groups in total. The fourth-order valence-electron chi connectivity index (χ4n) is 2.31.